The summed E-state index contributed by atoms with van der Waals surface area (Å²) in [5.41, 5.74) is -3.42. The molecule has 1 saturated heterocycles. The number of hydrogen-bond acceptors (Lipinski definition) is 7. The van der Waals surface area contributed by atoms with Crippen molar-refractivity contribution in [3.8, 4) is 0 Å². The summed E-state index contributed by atoms with van der Waals surface area (Å²) in [5.74, 6) is 0.389. The number of likely N-dealkylation sites (tertiary alicyclic amines) is 1. The van der Waals surface area contributed by atoms with Gasteiger partial charge in [0.2, 0.25) is 0 Å². The minimum atomic E-state index is -1.42. The Hall–Kier alpha value is -0.280. The van der Waals surface area contributed by atoms with Crippen molar-refractivity contribution >= 4 is 0 Å². The third-order valence-corrected chi connectivity index (χ3v) is 11.3. The minimum absolute atomic E-state index is 0.0328. The third-order valence-electron chi connectivity index (χ3n) is 11.3. The number of aliphatic hydroxyl groups is 3. The Bertz CT molecular complexity index is 766. The fourth-order valence-electron chi connectivity index (χ4n) is 10.8. The number of piperidine rings is 1. The molecule has 7 heteroatoms. The topological polar surface area (TPSA) is 91.6 Å². The molecule has 0 aromatic heterocycles. The van der Waals surface area contributed by atoms with Crippen molar-refractivity contribution in [1.29, 1.82) is 0 Å². The minimum Gasteiger partial charge on any atom is -0.396 e. The molecule has 5 saturated carbocycles. The molecule has 1 heterocycles. The number of ether oxygens (including phenoxy) is 3. The lowest BCUT2D eigenvalue weighted by molar-refractivity contribution is -0.313. The Balaban J connectivity index is 1.69. The van der Waals surface area contributed by atoms with Crippen molar-refractivity contribution in [2.75, 3.05) is 41.0 Å². The van der Waals surface area contributed by atoms with Gasteiger partial charge in [-0.3, -0.25) is 4.90 Å². The molecule has 6 rings (SSSR count). The highest BCUT2D eigenvalue weighted by molar-refractivity contribution is 5.40. The van der Waals surface area contributed by atoms with E-state index in [-0.39, 0.29) is 53.4 Å². The number of methoxy groups -OCH3 is 3. The predicted octanol–water partition coefficient (Wildman–Crippen LogP) is 0.646. The van der Waals surface area contributed by atoms with Crippen molar-refractivity contribution in [2.45, 2.75) is 74.6 Å². The molecule has 6 aliphatic rings. The van der Waals surface area contributed by atoms with E-state index in [1.165, 1.54) is 0 Å². The van der Waals surface area contributed by atoms with E-state index < -0.39 is 17.3 Å². The van der Waals surface area contributed by atoms with Gasteiger partial charge in [-0.25, -0.2) is 0 Å². The zero-order valence-electron chi connectivity index (χ0n) is 19.3. The van der Waals surface area contributed by atoms with Crippen molar-refractivity contribution in [3.63, 3.8) is 0 Å². The van der Waals surface area contributed by atoms with Crippen LogP contribution in [0.2, 0.25) is 0 Å². The largest absolute Gasteiger partial charge is 0.396 e. The number of fused-ring (bicyclic) bond motifs is 2. The average molecular weight is 438 g/mol. The van der Waals surface area contributed by atoms with Crippen LogP contribution in [0.15, 0.2) is 0 Å². The number of nitrogens with zero attached hydrogens (tertiary/aromatic N) is 1. The molecule has 12 atom stereocenters. The Labute approximate surface area is 185 Å². The second-order valence-corrected chi connectivity index (χ2v) is 11.5. The molecule has 7 nitrogen and oxygen atoms in total. The van der Waals surface area contributed by atoms with Gasteiger partial charge in [-0.1, -0.05) is 6.92 Å². The first-order valence-electron chi connectivity index (χ1n) is 12.2. The maximum Gasteiger partial charge on any atom is 0.136 e. The van der Waals surface area contributed by atoms with Crippen LogP contribution < -0.4 is 0 Å². The van der Waals surface area contributed by atoms with Crippen LogP contribution in [-0.4, -0.2) is 96.8 Å². The Morgan fingerprint density at radius 3 is 2.42 bits per heavy atom. The van der Waals surface area contributed by atoms with E-state index >= 15 is 0 Å². The van der Waals surface area contributed by atoms with Gasteiger partial charge in [0.1, 0.15) is 11.2 Å². The molecule has 1 spiro atoms. The summed E-state index contributed by atoms with van der Waals surface area (Å²) < 4.78 is 18.5. The summed E-state index contributed by atoms with van der Waals surface area (Å²) in [6, 6.07) is -0.245. The SMILES string of the molecule is CCN1C[C@]2(CO)CC[C@H](OC)[C@@]34[C@@H]5C[C@@H]6CC[C@@](O)([C@H]5[C@H]6OC)[C@@](O)([C@@H](OC)[C@H]23)[C@@H]14. The van der Waals surface area contributed by atoms with Gasteiger partial charge in [0.15, 0.2) is 0 Å². The molecule has 7 bridgehead atoms. The first-order chi connectivity index (χ1) is 14.9. The van der Waals surface area contributed by atoms with Gasteiger partial charge in [-0.2, -0.15) is 0 Å². The number of likely N-dealkylation sites (N-methyl/N-ethyl adjacent to an activating group) is 1. The predicted molar refractivity (Wildman–Crippen MR) is 112 cm³/mol. The highest BCUT2D eigenvalue weighted by Crippen LogP contribution is 2.80. The summed E-state index contributed by atoms with van der Waals surface area (Å²) in [4.78, 5) is 2.36. The van der Waals surface area contributed by atoms with Crippen molar-refractivity contribution in [3.05, 3.63) is 0 Å². The Morgan fingerprint density at radius 2 is 1.81 bits per heavy atom. The first kappa shape index (κ1) is 21.3. The summed E-state index contributed by atoms with van der Waals surface area (Å²) in [5, 5.41) is 36.1. The van der Waals surface area contributed by atoms with Gasteiger partial charge < -0.3 is 29.5 Å². The lowest BCUT2D eigenvalue weighted by Gasteiger charge is -2.70. The molecule has 0 radical (unpaired) electrons. The van der Waals surface area contributed by atoms with Gasteiger partial charge in [0, 0.05) is 50.5 Å². The molecular weight excluding hydrogens is 398 g/mol. The van der Waals surface area contributed by atoms with Crippen molar-refractivity contribution in [1.82, 2.24) is 4.90 Å². The van der Waals surface area contributed by atoms with Crippen LogP contribution in [0.1, 0.15) is 39.0 Å². The van der Waals surface area contributed by atoms with Gasteiger partial charge >= 0.3 is 0 Å². The summed E-state index contributed by atoms with van der Waals surface area (Å²) in [6.07, 6.45) is 3.53. The molecular formula is C24H39NO6. The molecule has 0 aromatic carbocycles. The highest BCUT2D eigenvalue weighted by Gasteiger charge is 2.90. The highest BCUT2D eigenvalue weighted by atomic mass is 16.5. The lowest BCUT2D eigenvalue weighted by atomic mass is 9.42. The van der Waals surface area contributed by atoms with Crippen LogP contribution in [-0.2, 0) is 14.2 Å². The zero-order chi connectivity index (χ0) is 22.0. The van der Waals surface area contributed by atoms with E-state index in [4.69, 9.17) is 14.2 Å². The van der Waals surface area contributed by atoms with Crippen LogP contribution >= 0.6 is 0 Å². The van der Waals surface area contributed by atoms with Gasteiger partial charge in [-0.15, -0.1) is 0 Å². The summed E-state index contributed by atoms with van der Waals surface area (Å²) in [6.45, 7) is 3.70. The van der Waals surface area contributed by atoms with Gasteiger partial charge in [0.05, 0.1) is 31.0 Å². The first-order valence-corrected chi connectivity index (χ1v) is 12.2. The fourth-order valence-corrected chi connectivity index (χ4v) is 10.8. The van der Waals surface area contributed by atoms with Crippen LogP contribution in [0.5, 0.6) is 0 Å². The molecule has 3 N–H and O–H groups in total. The quantitative estimate of drug-likeness (QED) is 0.582. The molecule has 6 fully saturated rings. The number of aliphatic hydroxyl groups excluding tert-OH is 1. The number of rotatable bonds is 5. The average Bonchev–Trinajstić information content (AvgIpc) is 3.17. The van der Waals surface area contributed by atoms with Crippen LogP contribution in [0.25, 0.3) is 0 Å². The van der Waals surface area contributed by atoms with Crippen LogP contribution in [0, 0.1) is 34.5 Å². The van der Waals surface area contributed by atoms with E-state index in [2.05, 4.69) is 11.8 Å². The maximum atomic E-state index is 12.8. The van der Waals surface area contributed by atoms with Gasteiger partial charge in [0.25, 0.3) is 0 Å². The van der Waals surface area contributed by atoms with E-state index in [0.717, 1.165) is 38.8 Å². The van der Waals surface area contributed by atoms with Crippen LogP contribution in [0.3, 0.4) is 0 Å². The van der Waals surface area contributed by atoms with E-state index in [1.54, 1.807) is 21.3 Å². The Morgan fingerprint density at radius 1 is 1.03 bits per heavy atom. The molecule has 5 aliphatic carbocycles. The molecule has 1 aliphatic heterocycles. The van der Waals surface area contributed by atoms with E-state index in [1.807, 2.05) is 0 Å². The second kappa shape index (κ2) is 6.44. The zero-order valence-corrected chi connectivity index (χ0v) is 19.3. The molecule has 0 amide bonds. The van der Waals surface area contributed by atoms with Crippen molar-refractivity contribution < 1.29 is 29.5 Å². The summed E-state index contributed by atoms with van der Waals surface area (Å²) in [7, 11) is 5.22. The Kier molecular flexibility index (Phi) is 4.41. The molecule has 176 valence electrons. The fraction of sp³-hybridized carbons (Fsp3) is 1.00. The second-order valence-electron chi connectivity index (χ2n) is 11.5. The van der Waals surface area contributed by atoms with Gasteiger partial charge in [-0.05, 0) is 50.5 Å². The molecule has 31 heavy (non-hydrogen) atoms. The van der Waals surface area contributed by atoms with Crippen LogP contribution in [0.4, 0.5) is 0 Å². The molecule has 0 unspecified atom stereocenters. The maximum absolute atomic E-state index is 12.8. The standard InChI is InChI=1S/C24H39NO6/c1-5-25-11-21(12-26)8-7-15(29-2)23-14-10-13-6-9-22(27,16(14)17(13)30-3)24(28,20(23)25)19(31-4)18(21)23/h13-20,26-28H,5-12H2,1-4H3/t13-,14+,15-,16+,17-,18+,19-,20-,21-,22+,23-,24+/m0/s1. The number of hydrogen-bond donors (Lipinski definition) is 3. The third kappa shape index (κ3) is 1.93. The van der Waals surface area contributed by atoms with E-state index in [9.17, 15) is 15.3 Å². The van der Waals surface area contributed by atoms with Crippen molar-refractivity contribution in [2.24, 2.45) is 34.5 Å². The van der Waals surface area contributed by atoms with E-state index in [0.29, 0.717) is 12.3 Å². The lowest BCUT2D eigenvalue weighted by Crippen LogP contribution is -2.81. The smallest absolute Gasteiger partial charge is 0.136 e. The monoisotopic (exact) mass is 437 g/mol. The molecule has 0 aromatic rings. The normalized spacial score (nSPS) is 61.6. The summed E-state index contributed by atoms with van der Waals surface area (Å²) >= 11 is 0.